The molecule has 0 atom stereocenters. The molecule has 2 aromatic carbocycles. The lowest BCUT2D eigenvalue weighted by Crippen LogP contribution is -2.12. The van der Waals surface area contributed by atoms with Crippen LogP contribution in [-0.2, 0) is 9.53 Å². The molecule has 0 amide bonds. The minimum atomic E-state index is -0.473. The first-order chi connectivity index (χ1) is 11.1. The first kappa shape index (κ1) is 16.3. The van der Waals surface area contributed by atoms with Gasteiger partial charge in [-0.15, -0.1) is 0 Å². The Labute approximate surface area is 133 Å². The second-order valence-corrected chi connectivity index (χ2v) is 4.68. The summed E-state index contributed by atoms with van der Waals surface area (Å²) in [5, 5.41) is 9.37. The Morgan fingerprint density at radius 3 is 2.52 bits per heavy atom. The van der Waals surface area contributed by atoms with Crippen LogP contribution in [-0.4, -0.2) is 30.6 Å². The van der Waals surface area contributed by atoms with Crippen molar-refractivity contribution >= 4 is 17.8 Å². The number of aromatic hydroxyl groups is 1. The minimum Gasteiger partial charge on any atom is -0.508 e. The van der Waals surface area contributed by atoms with Gasteiger partial charge in [-0.3, -0.25) is 4.79 Å². The van der Waals surface area contributed by atoms with Gasteiger partial charge in [-0.25, -0.2) is 4.79 Å². The summed E-state index contributed by atoms with van der Waals surface area (Å²) in [6, 6.07) is 13.1. The van der Waals surface area contributed by atoms with Crippen LogP contribution in [0, 0.1) is 0 Å². The molecule has 118 valence electrons. The zero-order chi connectivity index (χ0) is 16.7. The van der Waals surface area contributed by atoms with E-state index in [0.29, 0.717) is 11.3 Å². The number of carbonyl (C=O) groups is 2. The van der Waals surface area contributed by atoms with Gasteiger partial charge >= 0.3 is 5.97 Å². The third-order valence-corrected chi connectivity index (χ3v) is 3.02. The van der Waals surface area contributed by atoms with Crippen LogP contribution < -0.4 is 4.74 Å². The van der Waals surface area contributed by atoms with Gasteiger partial charge in [0, 0.05) is 5.56 Å². The van der Waals surface area contributed by atoms with Crippen LogP contribution in [0.4, 0.5) is 0 Å². The van der Waals surface area contributed by atoms with Gasteiger partial charge in [0.1, 0.15) is 11.5 Å². The molecule has 5 heteroatoms. The number of phenols is 1. The van der Waals surface area contributed by atoms with Crippen molar-refractivity contribution < 1.29 is 24.2 Å². The van der Waals surface area contributed by atoms with Crippen LogP contribution in [0.5, 0.6) is 11.5 Å². The molecule has 0 unspecified atom stereocenters. The maximum atomic E-state index is 12.1. The molecule has 0 heterocycles. The van der Waals surface area contributed by atoms with E-state index in [1.165, 1.54) is 13.2 Å². The molecule has 0 aliphatic carbocycles. The third-order valence-electron chi connectivity index (χ3n) is 3.02. The van der Waals surface area contributed by atoms with Crippen molar-refractivity contribution in [3.8, 4) is 11.5 Å². The molecule has 23 heavy (non-hydrogen) atoms. The van der Waals surface area contributed by atoms with Crippen molar-refractivity contribution in [2.75, 3.05) is 13.7 Å². The normalized spacial score (nSPS) is 10.5. The summed E-state index contributed by atoms with van der Waals surface area (Å²) in [7, 11) is 1.28. The summed E-state index contributed by atoms with van der Waals surface area (Å²) < 4.78 is 9.68. The van der Waals surface area contributed by atoms with E-state index in [4.69, 9.17) is 4.74 Å². The lowest BCUT2D eigenvalue weighted by molar-refractivity contribution is -0.142. The fourth-order valence-electron chi connectivity index (χ4n) is 1.81. The molecule has 1 N–H and O–H groups in total. The van der Waals surface area contributed by atoms with E-state index < -0.39 is 5.97 Å². The van der Waals surface area contributed by atoms with Crippen LogP contribution >= 0.6 is 0 Å². The topological polar surface area (TPSA) is 72.8 Å². The predicted octanol–water partition coefficient (Wildman–Crippen LogP) is 2.84. The summed E-state index contributed by atoms with van der Waals surface area (Å²) in [4.78, 5) is 23.0. The summed E-state index contributed by atoms with van der Waals surface area (Å²) in [5.41, 5.74) is 1.23. The number of esters is 1. The lowest BCUT2D eigenvalue weighted by atomic mass is 10.1. The number of benzene rings is 2. The number of ketones is 1. The van der Waals surface area contributed by atoms with Crippen LogP contribution in [0.2, 0.25) is 0 Å². The van der Waals surface area contributed by atoms with Gasteiger partial charge in [0.2, 0.25) is 0 Å². The second-order valence-electron chi connectivity index (χ2n) is 4.68. The highest BCUT2D eigenvalue weighted by molar-refractivity contribution is 6.06. The molecule has 0 radical (unpaired) electrons. The van der Waals surface area contributed by atoms with Crippen molar-refractivity contribution in [1.82, 2.24) is 0 Å². The van der Waals surface area contributed by atoms with Gasteiger partial charge in [-0.05, 0) is 48.0 Å². The summed E-state index contributed by atoms with van der Waals surface area (Å²) in [5.74, 6) is -0.0253. The van der Waals surface area contributed by atoms with E-state index >= 15 is 0 Å². The molecular formula is C18H16O5. The molecular weight excluding hydrogens is 296 g/mol. The molecule has 2 aromatic rings. The maximum absolute atomic E-state index is 12.1. The van der Waals surface area contributed by atoms with Crippen LogP contribution in [0.15, 0.2) is 54.6 Å². The van der Waals surface area contributed by atoms with Crippen molar-refractivity contribution in [3.05, 3.63) is 65.7 Å². The highest BCUT2D eigenvalue weighted by atomic mass is 16.6. The smallest absolute Gasteiger partial charge is 0.343 e. The Balaban J connectivity index is 1.98. The zero-order valence-corrected chi connectivity index (χ0v) is 12.6. The average molecular weight is 312 g/mol. The van der Waals surface area contributed by atoms with E-state index in [-0.39, 0.29) is 18.1 Å². The van der Waals surface area contributed by atoms with Gasteiger partial charge in [-0.1, -0.05) is 18.2 Å². The maximum Gasteiger partial charge on any atom is 0.343 e. The zero-order valence-electron chi connectivity index (χ0n) is 12.6. The molecule has 5 nitrogen and oxygen atoms in total. The lowest BCUT2D eigenvalue weighted by Gasteiger charge is -2.05. The molecule has 0 saturated heterocycles. The van der Waals surface area contributed by atoms with Crippen LogP contribution in [0.3, 0.4) is 0 Å². The number of ether oxygens (including phenoxy) is 2. The quantitative estimate of drug-likeness (QED) is 0.504. The Morgan fingerprint density at radius 2 is 1.87 bits per heavy atom. The van der Waals surface area contributed by atoms with E-state index in [9.17, 15) is 14.7 Å². The Morgan fingerprint density at radius 1 is 1.13 bits per heavy atom. The van der Waals surface area contributed by atoms with Crippen molar-refractivity contribution in [3.63, 3.8) is 0 Å². The van der Waals surface area contributed by atoms with Crippen molar-refractivity contribution in [1.29, 1.82) is 0 Å². The minimum absolute atomic E-state index is 0.145. The summed E-state index contributed by atoms with van der Waals surface area (Å²) in [6.07, 6.45) is 3.06. The van der Waals surface area contributed by atoms with Crippen molar-refractivity contribution in [2.45, 2.75) is 0 Å². The number of rotatable bonds is 6. The Bertz CT molecular complexity index is 716. The van der Waals surface area contributed by atoms with Crippen LogP contribution in [0.25, 0.3) is 6.08 Å². The Hall–Kier alpha value is -3.08. The average Bonchev–Trinajstić information content (AvgIpc) is 2.58. The fraction of sp³-hybridized carbons (Fsp3) is 0.111. The molecule has 0 aliphatic rings. The summed E-state index contributed by atoms with van der Waals surface area (Å²) in [6.45, 7) is -0.179. The number of allylic oxidation sites excluding steroid dienone is 1. The van der Waals surface area contributed by atoms with E-state index in [2.05, 4.69) is 4.74 Å². The Kier molecular flexibility index (Phi) is 5.52. The molecule has 2 rings (SSSR count). The third kappa shape index (κ3) is 5.00. The number of carbonyl (C=O) groups excluding carboxylic acids is 2. The number of methoxy groups -OCH3 is 1. The van der Waals surface area contributed by atoms with Crippen LogP contribution in [0.1, 0.15) is 15.9 Å². The first-order valence-electron chi connectivity index (χ1n) is 6.89. The fourth-order valence-corrected chi connectivity index (χ4v) is 1.81. The number of hydrogen-bond acceptors (Lipinski definition) is 5. The van der Waals surface area contributed by atoms with E-state index in [1.54, 1.807) is 54.6 Å². The van der Waals surface area contributed by atoms with Gasteiger partial charge in [0.05, 0.1) is 7.11 Å². The highest BCUT2D eigenvalue weighted by Crippen LogP contribution is 2.15. The SMILES string of the molecule is COC(=O)COc1ccc(C(=O)/C=C/c2cccc(O)c2)cc1. The first-order valence-corrected chi connectivity index (χ1v) is 6.89. The summed E-state index contributed by atoms with van der Waals surface area (Å²) >= 11 is 0. The molecule has 0 saturated carbocycles. The van der Waals surface area contributed by atoms with E-state index in [0.717, 1.165) is 5.56 Å². The molecule has 0 aliphatic heterocycles. The van der Waals surface area contributed by atoms with Gasteiger partial charge in [0.25, 0.3) is 0 Å². The van der Waals surface area contributed by atoms with Gasteiger partial charge < -0.3 is 14.6 Å². The van der Waals surface area contributed by atoms with Crippen molar-refractivity contribution in [2.24, 2.45) is 0 Å². The van der Waals surface area contributed by atoms with Gasteiger partial charge in [-0.2, -0.15) is 0 Å². The molecule has 0 bridgehead atoms. The second kappa shape index (κ2) is 7.79. The van der Waals surface area contributed by atoms with Gasteiger partial charge in [0.15, 0.2) is 12.4 Å². The molecule has 0 spiro atoms. The molecule has 0 aromatic heterocycles. The standard InChI is InChI=1S/C18H16O5/c1-22-18(21)12-23-16-8-6-14(7-9-16)17(20)10-5-13-3-2-4-15(19)11-13/h2-11,19H,12H2,1H3/b10-5+. The highest BCUT2D eigenvalue weighted by Gasteiger charge is 2.04. The predicted molar refractivity (Wildman–Crippen MR) is 85.4 cm³/mol. The largest absolute Gasteiger partial charge is 0.508 e. The van der Waals surface area contributed by atoms with E-state index in [1.807, 2.05) is 0 Å². The monoisotopic (exact) mass is 312 g/mol. The number of hydrogen-bond donors (Lipinski definition) is 1. The molecule has 0 fully saturated rings. The number of phenolic OH excluding ortho intramolecular Hbond substituents is 1.